The van der Waals surface area contributed by atoms with Crippen LogP contribution in [-0.4, -0.2) is 53.0 Å². The second-order valence-electron chi connectivity index (χ2n) is 5.55. The minimum absolute atomic E-state index is 0.0322. The van der Waals surface area contributed by atoms with Crippen LogP contribution in [-0.2, 0) is 16.1 Å². The Kier molecular flexibility index (Phi) is 5.69. The molecule has 2 heterocycles. The van der Waals surface area contributed by atoms with Gasteiger partial charge in [0.15, 0.2) is 0 Å². The van der Waals surface area contributed by atoms with Crippen molar-refractivity contribution >= 4 is 17.4 Å². The van der Waals surface area contributed by atoms with Gasteiger partial charge in [-0.3, -0.25) is 14.9 Å². The molecule has 0 fully saturated rings. The van der Waals surface area contributed by atoms with Crippen molar-refractivity contribution in [3.63, 3.8) is 0 Å². The minimum Gasteiger partial charge on any atom is -0.490 e. The van der Waals surface area contributed by atoms with Crippen molar-refractivity contribution in [2.24, 2.45) is 0 Å². The fourth-order valence-corrected chi connectivity index (χ4v) is 2.45. The summed E-state index contributed by atoms with van der Waals surface area (Å²) >= 11 is 0. The Morgan fingerprint density at radius 2 is 2.27 bits per heavy atom. The highest BCUT2D eigenvalue weighted by Crippen LogP contribution is 2.28. The molecule has 3 aromatic rings. The Bertz CT molecular complexity index is 886. The number of hydrogen-bond donors (Lipinski definition) is 2. The van der Waals surface area contributed by atoms with Crippen LogP contribution in [0.3, 0.4) is 0 Å². The maximum Gasteiger partial charge on any atom is 0.293 e. The number of carbonyl (C=O) groups is 1. The van der Waals surface area contributed by atoms with Crippen LogP contribution in [0.4, 0.5) is 4.39 Å². The van der Waals surface area contributed by atoms with Crippen molar-refractivity contribution < 1.29 is 18.7 Å². The first-order chi connectivity index (χ1) is 12.7. The van der Waals surface area contributed by atoms with Gasteiger partial charge in [-0.1, -0.05) is 0 Å². The van der Waals surface area contributed by atoms with E-state index in [1.54, 1.807) is 31.4 Å². The van der Waals surface area contributed by atoms with E-state index in [2.05, 4.69) is 25.5 Å². The van der Waals surface area contributed by atoms with Gasteiger partial charge in [-0.25, -0.2) is 9.37 Å². The molecule has 0 saturated heterocycles. The van der Waals surface area contributed by atoms with Crippen molar-refractivity contribution in [1.29, 1.82) is 0 Å². The molecule has 0 spiro atoms. The first kappa shape index (κ1) is 17.7. The molecule has 2 aromatic heterocycles. The van der Waals surface area contributed by atoms with Gasteiger partial charge in [-0.15, -0.1) is 0 Å². The molecule has 0 radical (unpaired) electrons. The summed E-state index contributed by atoms with van der Waals surface area (Å²) in [4.78, 5) is 18.8. The Morgan fingerprint density at radius 3 is 3.08 bits per heavy atom. The monoisotopic (exact) mass is 359 g/mol. The molecule has 3 rings (SSSR count). The highest BCUT2D eigenvalue weighted by Gasteiger charge is 2.13. The number of fused-ring (bicyclic) bond motifs is 1. The van der Waals surface area contributed by atoms with E-state index in [4.69, 9.17) is 9.47 Å². The van der Waals surface area contributed by atoms with Gasteiger partial charge in [0, 0.05) is 11.9 Å². The number of alkyl halides is 1. The Morgan fingerprint density at radius 1 is 1.38 bits per heavy atom. The van der Waals surface area contributed by atoms with Crippen LogP contribution in [0.25, 0.3) is 22.3 Å². The molecule has 1 unspecified atom stereocenters. The van der Waals surface area contributed by atoms with Crippen LogP contribution in [0, 0.1) is 0 Å². The zero-order chi connectivity index (χ0) is 18.4. The summed E-state index contributed by atoms with van der Waals surface area (Å²) in [6, 6.07) is 5.33. The second kappa shape index (κ2) is 8.34. The van der Waals surface area contributed by atoms with Gasteiger partial charge in [0.2, 0.25) is 0 Å². The normalized spacial score (nSPS) is 12.1. The van der Waals surface area contributed by atoms with Crippen molar-refractivity contribution in [3.05, 3.63) is 36.3 Å². The van der Waals surface area contributed by atoms with E-state index in [9.17, 15) is 9.18 Å². The molecule has 1 aromatic carbocycles. The summed E-state index contributed by atoms with van der Waals surface area (Å²) in [5.74, 6) is 0.535. The number of aromatic nitrogens is 4. The van der Waals surface area contributed by atoms with Gasteiger partial charge < -0.3 is 14.8 Å². The Balaban J connectivity index is 1.85. The summed E-state index contributed by atoms with van der Waals surface area (Å²) < 4.78 is 23.8. The van der Waals surface area contributed by atoms with E-state index in [0.29, 0.717) is 29.3 Å². The number of hydrogen-bond acceptors (Lipinski definition) is 7. The lowest BCUT2D eigenvalue weighted by molar-refractivity contribution is -0.129. The zero-order valence-electron chi connectivity index (χ0n) is 14.1. The number of ether oxygens (including phenoxy) is 2. The molecule has 2 N–H and O–H groups in total. The highest BCUT2D eigenvalue weighted by molar-refractivity contribution is 5.92. The summed E-state index contributed by atoms with van der Waals surface area (Å²) in [6.07, 6.45) is 1.98. The van der Waals surface area contributed by atoms with Crippen LogP contribution in [0.1, 0.15) is 5.69 Å². The van der Waals surface area contributed by atoms with Gasteiger partial charge in [-0.05, 0) is 25.2 Å². The minimum atomic E-state index is -1.10. The molecular weight excluding hydrogens is 341 g/mol. The fraction of sp³-hybridized carbons (Fsp3) is 0.294. The molecule has 0 aliphatic carbocycles. The van der Waals surface area contributed by atoms with Crippen molar-refractivity contribution in [2.45, 2.75) is 12.8 Å². The van der Waals surface area contributed by atoms with Crippen LogP contribution in [0.5, 0.6) is 5.75 Å². The van der Waals surface area contributed by atoms with Crippen LogP contribution in [0.2, 0.25) is 0 Å². The van der Waals surface area contributed by atoms with E-state index in [1.807, 2.05) is 0 Å². The van der Waals surface area contributed by atoms with Gasteiger partial charge in [0.1, 0.15) is 36.5 Å². The molecule has 0 aliphatic heterocycles. The average Bonchev–Trinajstić information content (AvgIpc) is 3.08. The van der Waals surface area contributed by atoms with E-state index < -0.39 is 6.17 Å². The molecule has 8 nitrogen and oxygen atoms in total. The zero-order valence-corrected chi connectivity index (χ0v) is 14.1. The van der Waals surface area contributed by atoms with Gasteiger partial charge in [-0.2, -0.15) is 5.10 Å². The lowest BCUT2D eigenvalue weighted by Gasteiger charge is -2.10. The average molecular weight is 359 g/mol. The number of nitrogens with one attached hydrogen (secondary N) is 2. The van der Waals surface area contributed by atoms with Gasteiger partial charge in [0.05, 0.1) is 23.6 Å². The van der Waals surface area contributed by atoms with Gasteiger partial charge in [0.25, 0.3) is 6.47 Å². The standard InChI is InChI=1S/C17H18FN5O3/c1-19-5-11(18)8-26-13-2-3-15-14(4-13)17(23-22-15)16-7-20-6-12(21-16)9-25-10-24/h2-4,6-7,10-11,19H,5,8-9H2,1H3,(H,22,23). The summed E-state index contributed by atoms with van der Waals surface area (Å²) in [5.41, 5.74) is 2.40. The second-order valence-corrected chi connectivity index (χ2v) is 5.55. The smallest absolute Gasteiger partial charge is 0.293 e. The predicted octanol–water partition coefficient (Wildman–Crippen LogP) is 1.63. The first-order valence-corrected chi connectivity index (χ1v) is 7.97. The van der Waals surface area contributed by atoms with E-state index in [1.165, 1.54) is 6.20 Å². The van der Waals surface area contributed by atoms with E-state index >= 15 is 0 Å². The van der Waals surface area contributed by atoms with Crippen LogP contribution in [0.15, 0.2) is 30.6 Å². The fourth-order valence-electron chi connectivity index (χ4n) is 2.45. The third-order valence-corrected chi connectivity index (χ3v) is 3.62. The summed E-state index contributed by atoms with van der Waals surface area (Å²) in [7, 11) is 1.69. The number of halogens is 1. The predicted molar refractivity (Wildman–Crippen MR) is 92.3 cm³/mol. The number of benzene rings is 1. The number of aromatic amines is 1. The van der Waals surface area contributed by atoms with Crippen molar-refractivity contribution in [1.82, 2.24) is 25.5 Å². The SMILES string of the molecule is CNCC(F)COc1ccc2[nH]nc(-c3cncc(COC=O)n3)c2c1. The number of nitrogens with zero attached hydrogens (tertiary/aromatic N) is 3. The summed E-state index contributed by atoms with van der Waals surface area (Å²) in [6.45, 7) is 0.570. The lowest BCUT2D eigenvalue weighted by atomic mass is 10.1. The van der Waals surface area contributed by atoms with E-state index in [-0.39, 0.29) is 19.8 Å². The third-order valence-electron chi connectivity index (χ3n) is 3.62. The molecule has 0 aliphatic rings. The number of carbonyl (C=O) groups excluding carboxylic acids is 1. The van der Waals surface area contributed by atoms with Gasteiger partial charge >= 0.3 is 0 Å². The topological polar surface area (TPSA) is 102 Å². The quantitative estimate of drug-likeness (QED) is 0.560. The molecule has 136 valence electrons. The first-order valence-electron chi connectivity index (χ1n) is 7.97. The summed E-state index contributed by atoms with van der Waals surface area (Å²) in [5, 5.41) is 10.7. The maximum atomic E-state index is 13.6. The third kappa shape index (κ3) is 4.12. The molecule has 0 bridgehead atoms. The lowest BCUT2D eigenvalue weighted by Crippen LogP contribution is -2.25. The number of rotatable bonds is 9. The molecule has 1 atom stereocenters. The molecule has 26 heavy (non-hydrogen) atoms. The van der Waals surface area contributed by atoms with E-state index in [0.717, 1.165) is 10.9 Å². The Hall–Kier alpha value is -3.07. The highest BCUT2D eigenvalue weighted by atomic mass is 19.1. The Labute approximate surface area is 148 Å². The van der Waals surface area contributed by atoms with Crippen molar-refractivity contribution in [3.8, 4) is 17.1 Å². The van der Waals surface area contributed by atoms with Crippen molar-refractivity contribution in [2.75, 3.05) is 20.2 Å². The largest absolute Gasteiger partial charge is 0.490 e. The van der Waals surface area contributed by atoms with Crippen LogP contribution >= 0.6 is 0 Å². The number of H-pyrrole nitrogens is 1. The van der Waals surface area contributed by atoms with Crippen LogP contribution < -0.4 is 10.1 Å². The maximum absolute atomic E-state index is 13.6. The molecule has 0 amide bonds. The molecule has 9 heteroatoms. The molecular formula is C17H18FN5O3. The molecule has 0 saturated carbocycles.